The van der Waals surface area contributed by atoms with E-state index in [2.05, 4.69) is 4.98 Å². The van der Waals surface area contributed by atoms with Gasteiger partial charge in [0.15, 0.2) is 11.6 Å². The summed E-state index contributed by atoms with van der Waals surface area (Å²) in [6, 6.07) is 13.6. The van der Waals surface area contributed by atoms with E-state index in [-0.39, 0.29) is 24.0 Å². The van der Waals surface area contributed by atoms with E-state index >= 15 is 0 Å². The van der Waals surface area contributed by atoms with E-state index in [4.69, 9.17) is 14.7 Å². The van der Waals surface area contributed by atoms with Crippen molar-refractivity contribution in [2.75, 3.05) is 6.61 Å². The molecule has 1 heterocycles. The Balaban J connectivity index is 1.63. The molecule has 0 unspecified atom stereocenters. The topological polar surface area (TPSA) is 60.1 Å². The molecule has 0 N–H and O–H groups in total. The van der Waals surface area contributed by atoms with Crippen LogP contribution in [0.25, 0.3) is 5.69 Å². The van der Waals surface area contributed by atoms with E-state index in [9.17, 15) is 4.39 Å². The van der Waals surface area contributed by atoms with Gasteiger partial charge in [0.1, 0.15) is 24.3 Å². The number of aromatic nitrogens is 2. The van der Waals surface area contributed by atoms with E-state index in [1.165, 1.54) is 12.1 Å². The Morgan fingerprint density at radius 3 is 2.81 bits per heavy atom. The highest BCUT2D eigenvalue weighted by molar-refractivity contribution is 5.40. The molecule has 26 heavy (non-hydrogen) atoms. The second-order valence-electron chi connectivity index (χ2n) is 5.84. The first-order valence-corrected chi connectivity index (χ1v) is 8.16. The molecular weight excluding hydrogens is 333 g/mol. The van der Waals surface area contributed by atoms with Gasteiger partial charge in [-0.2, -0.15) is 5.26 Å². The summed E-state index contributed by atoms with van der Waals surface area (Å²) >= 11 is 0. The molecule has 132 valence electrons. The van der Waals surface area contributed by atoms with Gasteiger partial charge in [0.05, 0.1) is 17.3 Å². The largest absolute Gasteiger partial charge is 0.487 e. The number of aryl methyl sites for hydroxylation is 1. The molecule has 0 radical (unpaired) electrons. The van der Waals surface area contributed by atoms with Crippen LogP contribution in [0.2, 0.25) is 0 Å². The van der Waals surface area contributed by atoms with Gasteiger partial charge in [0.2, 0.25) is 0 Å². The maximum atomic E-state index is 13.8. The maximum absolute atomic E-state index is 13.8. The first kappa shape index (κ1) is 17.5. The molecule has 0 saturated heterocycles. The highest BCUT2D eigenvalue weighted by Crippen LogP contribution is 2.21. The quantitative estimate of drug-likeness (QED) is 0.672. The van der Waals surface area contributed by atoms with Gasteiger partial charge >= 0.3 is 0 Å². The number of hydrogen-bond acceptors (Lipinski definition) is 4. The third kappa shape index (κ3) is 4.01. The van der Waals surface area contributed by atoms with Crippen LogP contribution in [0.5, 0.6) is 11.5 Å². The summed E-state index contributed by atoms with van der Waals surface area (Å²) < 4.78 is 27.1. The van der Waals surface area contributed by atoms with Crippen molar-refractivity contribution in [2.45, 2.75) is 20.0 Å². The zero-order chi connectivity index (χ0) is 18.5. The molecule has 0 saturated carbocycles. The number of hydrogen-bond donors (Lipinski definition) is 0. The Morgan fingerprint density at radius 2 is 2.12 bits per heavy atom. The molecule has 0 aliphatic rings. The van der Waals surface area contributed by atoms with Crippen molar-refractivity contribution in [3.05, 3.63) is 72.1 Å². The lowest BCUT2D eigenvalue weighted by atomic mass is 10.2. The van der Waals surface area contributed by atoms with Crippen LogP contribution in [-0.2, 0) is 0 Å². The predicted molar refractivity (Wildman–Crippen MR) is 95.0 cm³/mol. The van der Waals surface area contributed by atoms with E-state index in [1.54, 1.807) is 6.20 Å². The molecule has 6 heteroatoms. The van der Waals surface area contributed by atoms with Gasteiger partial charge in [-0.15, -0.1) is 0 Å². The summed E-state index contributed by atoms with van der Waals surface area (Å²) in [5.41, 5.74) is 1.20. The van der Waals surface area contributed by atoms with E-state index in [0.29, 0.717) is 5.75 Å². The molecule has 1 atom stereocenters. The van der Waals surface area contributed by atoms with Gasteiger partial charge in [0, 0.05) is 18.5 Å². The average molecular weight is 351 g/mol. The second kappa shape index (κ2) is 7.70. The molecule has 0 aliphatic carbocycles. The highest BCUT2D eigenvalue weighted by atomic mass is 19.1. The van der Waals surface area contributed by atoms with Crippen LogP contribution < -0.4 is 9.47 Å². The van der Waals surface area contributed by atoms with Crippen LogP contribution in [0.15, 0.2) is 54.9 Å². The molecule has 0 bridgehead atoms. The first-order valence-electron chi connectivity index (χ1n) is 8.16. The van der Waals surface area contributed by atoms with Crippen molar-refractivity contribution < 1.29 is 13.9 Å². The number of halogens is 1. The van der Waals surface area contributed by atoms with Gasteiger partial charge in [-0.3, -0.25) is 0 Å². The van der Waals surface area contributed by atoms with Crippen LogP contribution in [0.1, 0.15) is 18.3 Å². The smallest absolute Gasteiger partial charge is 0.166 e. The average Bonchev–Trinajstić information content (AvgIpc) is 3.07. The number of rotatable bonds is 6. The van der Waals surface area contributed by atoms with Crippen molar-refractivity contribution in [3.8, 4) is 23.3 Å². The number of imidazole rings is 1. The zero-order valence-corrected chi connectivity index (χ0v) is 14.5. The molecule has 0 spiro atoms. The van der Waals surface area contributed by atoms with Crippen LogP contribution in [0, 0.1) is 24.1 Å². The monoisotopic (exact) mass is 351 g/mol. The first-order chi connectivity index (χ1) is 12.6. The van der Waals surface area contributed by atoms with Crippen LogP contribution in [0.4, 0.5) is 4.39 Å². The van der Waals surface area contributed by atoms with E-state index < -0.39 is 5.82 Å². The molecule has 3 aromatic rings. The van der Waals surface area contributed by atoms with Crippen LogP contribution in [0.3, 0.4) is 0 Å². The SMILES string of the molecule is Cc1nccn1-c1cccc(O[C@H](C)COc2ccc(C#N)cc2F)c1. The number of benzene rings is 2. The minimum Gasteiger partial charge on any atom is -0.487 e. The number of nitriles is 1. The fraction of sp³-hybridized carbons (Fsp3) is 0.200. The third-order valence-electron chi connectivity index (χ3n) is 3.79. The fourth-order valence-corrected chi connectivity index (χ4v) is 2.52. The van der Waals surface area contributed by atoms with Crippen molar-refractivity contribution >= 4 is 0 Å². The highest BCUT2D eigenvalue weighted by Gasteiger charge is 2.10. The standard InChI is InChI=1S/C20H18FN3O2/c1-14(13-25-20-7-6-16(12-22)10-19(20)21)26-18-5-3-4-17(11-18)24-9-8-23-15(24)2/h3-11,14H,13H2,1-2H3/t14-/m1/s1. The molecule has 0 aliphatic heterocycles. The summed E-state index contributed by atoms with van der Waals surface area (Å²) in [7, 11) is 0. The van der Waals surface area contributed by atoms with Crippen molar-refractivity contribution in [1.29, 1.82) is 5.26 Å². The lowest BCUT2D eigenvalue weighted by molar-refractivity contribution is 0.140. The molecular formula is C20H18FN3O2. The molecule has 2 aromatic carbocycles. The van der Waals surface area contributed by atoms with Crippen LogP contribution >= 0.6 is 0 Å². The lowest BCUT2D eigenvalue weighted by Crippen LogP contribution is -2.21. The maximum Gasteiger partial charge on any atom is 0.166 e. The third-order valence-corrected chi connectivity index (χ3v) is 3.79. The van der Waals surface area contributed by atoms with E-state index in [1.807, 2.05) is 54.9 Å². The summed E-state index contributed by atoms with van der Waals surface area (Å²) in [4.78, 5) is 4.21. The Hall–Kier alpha value is -3.33. The predicted octanol–water partition coefficient (Wildman–Crippen LogP) is 4.04. The van der Waals surface area contributed by atoms with Crippen LogP contribution in [-0.4, -0.2) is 22.3 Å². The molecule has 3 rings (SSSR count). The number of nitrogens with zero attached hydrogens (tertiary/aromatic N) is 3. The Kier molecular flexibility index (Phi) is 5.18. The number of ether oxygens (including phenoxy) is 2. The summed E-state index contributed by atoms with van der Waals surface area (Å²) in [6.07, 6.45) is 3.34. The molecule has 0 fully saturated rings. The molecule has 0 amide bonds. The lowest BCUT2D eigenvalue weighted by Gasteiger charge is -2.17. The Labute approximate surface area is 151 Å². The van der Waals surface area contributed by atoms with Gasteiger partial charge in [-0.1, -0.05) is 6.07 Å². The van der Waals surface area contributed by atoms with Crippen molar-refractivity contribution in [3.63, 3.8) is 0 Å². The summed E-state index contributed by atoms with van der Waals surface area (Å²) in [5.74, 6) is 1.11. The Morgan fingerprint density at radius 1 is 1.27 bits per heavy atom. The Bertz CT molecular complexity index is 946. The zero-order valence-electron chi connectivity index (χ0n) is 14.5. The van der Waals surface area contributed by atoms with Gasteiger partial charge in [-0.05, 0) is 44.2 Å². The fourth-order valence-electron chi connectivity index (χ4n) is 2.52. The summed E-state index contributed by atoms with van der Waals surface area (Å²) in [6.45, 7) is 3.95. The van der Waals surface area contributed by atoms with Gasteiger partial charge < -0.3 is 14.0 Å². The van der Waals surface area contributed by atoms with Crippen molar-refractivity contribution in [2.24, 2.45) is 0 Å². The van der Waals surface area contributed by atoms with E-state index in [0.717, 1.165) is 17.6 Å². The molecule has 1 aromatic heterocycles. The molecule has 5 nitrogen and oxygen atoms in total. The van der Waals surface area contributed by atoms with Gasteiger partial charge in [0.25, 0.3) is 0 Å². The van der Waals surface area contributed by atoms with Gasteiger partial charge in [-0.25, -0.2) is 9.37 Å². The second-order valence-corrected chi connectivity index (χ2v) is 5.84. The minimum absolute atomic E-state index is 0.0993. The van der Waals surface area contributed by atoms with Crippen molar-refractivity contribution in [1.82, 2.24) is 9.55 Å². The summed E-state index contributed by atoms with van der Waals surface area (Å²) in [5, 5.41) is 8.76. The normalized spacial score (nSPS) is 11.6. The minimum atomic E-state index is -0.561.